The van der Waals surface area contributed by atoms with Crippen LogP contribution in [0.1, 0.15) is 24.5 Å². The number of fused-ring (bicyclic) bond motifs is 1. The highest BCUT2D eigenvalue weighted by atomic mass is 35.5. The number of carbonyl (C=O) groups is 1. The number of alkyl halides is 1. The van der Waals surface area contributed by atoms with Crippen molar-refractivity contribution in [3.8, 4) is 0 Å². The van der Waals surface area contributed by atoms with E-state index >= 15 is 0 Å². The van der Waals surface area contributed by atoms with E-state index < -0.39 is 5.50 Å². The fourth-order valence-corrected chi connectivity index (χ4v) is 2.47. The average Bonchev–Trinajstić information content (AvgIpc) is 2.85. The second-order valence-electron chi connectivity index (χ2n) is 5.06. The number of imidazole rings is 1. The van der Waals surface area contributed by atoms with Gasteiger partial charge in [0.05, 0.1) is 12.9 Å². The van der Waals surface area contributed by atoms with E-state index in [1.165, 1.54) is 6.92 Å². The zero-order chi connectivity index (χ0) is 16.1. The Morgan fingerprint density at radius 1 is 1.64 bits per heavy atom. The Labute approximate surface area is 133 Å². The lowest BCUT2D eigenvalue weighted by atomic mass is 10.1. The van der Waals surface area contributed by atoms with Crippen molar-refractivity contribution in [3.63, 3.8) is 0 Å². The van der Waals surface area contributed by atoms with Crippen molar-refractivity contribution in [3.05, 3.63) is 12.0 Å². The molecule has 0 radical (unpaired) electrons. The number of esters is 1. The molecule has 2 atom stereocenters. The molecular formula is C13H20ClN5O3. The molecule has 1 aliphatic rings. The van der Waals surface area contributed by atoms with Crippen LogP contribution in [0, 0.1) is 5.92 Å². The minimum Gasteiger partial charge on any atom is -0.466 e. The van der Waals surface area contributed by atoms with Crippen molar-refractivity contribution < 1.29 is 14.3 Å². The topological polar surface area (TPSA) is 104 Å². The number of rotatable bonds is 7. The lowest BCUT2D eigenvalue weighted by molar-refractivity contribution is -0.142. The molecule has 1 aliphatic heterocycles. The highest BCUT2D eigenvalue weighted by molar-refractivity contribution is 6.22. The first-order chi connectivity index (χ1) is 10.5. The summed E-state index contributed by atoms with van der Waals surface area (Å²) in [4.78, 5) is 19.3. The second kappa shape index (κ2) is 7.46. The molecule has 0 aliphatic carbocycles. The lowest BCUT2D eigenvalue weighted by Crippen LogP contribution is -2.29. The Kier molecular flexibility index (Phi) is 5.62. The number of nitrogens with one attached hydrogen (secondary N) is 1. The van der Waals surface area contributed by atoms with Crippen molar-refractivity contribution in [2.45, 2.75) is 25.4 Å². The van der Waals surface area contributed by atoms with Crippen LogP contribution < -0.4 is 11.1 Å². The van der Waals surface area contributed by atoms with E-state index in [2.05, 4.69) is 15.3 Å². The molecule has 0 fully saturated rings. The Morgan fingerprint density at radius 3 is 3.09 bits per heavy atom. The number of nitrogens with two attached hydrogens (primary N) is 1. The third kappa shape index (κ3) is 4.11. The van der Waals surface area contributed by atoms with Gasteiger partial charge >= 0.3 is 5.97 Å². The second-order valence-corrected chi connectivity index (χ2v) is 5.47. The highest BCUT2D eigenvalue weighted by Crippen LogP contribution is 2.31. The number of hydrogen-bond acceptors (Lipinski definition) is 7. The number of halogens is 1. The van der Waals surface area contributed by atoms with Crippen LogP contribution in [-0.4, -0.2) is 41.8 Å². The van der Waals surface area contributed by atoms with Crippen molar-refractivity contribution in [1.82, 2.24) is 9.55 Å². The summed E-state index contributed by atoms with van der Waals surface area (Å²) in [5, 5.41) is 2.97. The number of aliphatic imine (C=N–C) groups is 1. The normalized spacial score (nSPS) is 18.1. The first-order valence-corrected chi connectivity index (χ1v) is 7.36. The summed E-state index contributed by atoms with van der Waals surface area (Å²) in [6, 6.07) is 0. The Hall–Kier alpha value is -1.80. The molecule has 22 heavy (non-hydrogen) atoms. The maximum atomic E-state index is 11.0. The summed E-state index contributed by atoms with van der Waals surface area (Å²) < 4.78 is 12.1. The molecule has 2 rings (SSSR count). The van der Waals surface area contributed by atoms with Gasteiger partial charge in [-0.3, -0.25) is 4.79 Å². The molecule has 0 amide bonds. The summed E-state index contributed by atoms with van der Waals surface area (Å²) in [6.45, 7) is 2.89. The lowest BCUT2D eigenvalue weighted by Gasteiger charge is -2.21. The number of anilines is 1. The molecule has 1 aromatic heterocycles. The highest BCUT2D eigenvalue weighted by Gasteiger charge is 2.24. The molecule has 0 spiro atoms. The number of guanidine groups is 1. The monoisotopic (exact) mass is 329 g/mol. The van der Waals surface area contributed by atoms with E-state index in [0.29, 0.717) is 25.5 Å². The van der Waals surface area contributed by atoms with Crippen LogP contribution in [0.2, 0.25) is 0 Å². The van der Waals surface area contributed by atoms with E-state index in [1.807, 2.05) is 4.57 Å². The molecule has 0 saturated carbocycles. The molecule has 0 aromatic carbocycles. The van der Waals surface area contributed by atoms with Gasteiger partial charge in [-0.15, -0.1) is 0 Å². The molecular weight excluding hydrogens is 310 g/mol. The van der Waals surface area contributed by atoms with E-state index in [4.69, 9.17) is 26.8 Å². The maximum Gasteiger partial charge on any atom is 0.302 e. The number of ether oxygens (including phenoxy) is 2. The molecule has 8 nitrogen and oxygen atoms in total. The van der Waals surface area contributed by atoms with Gasteiger partial charge in [-0.1, -0.05) is 11.6 Å². The molecule has 2 heterocycles. The first kappa shape index (κ1) is 16.6. The summed E-state index contributed by atoms with van der Waals surface area (Å²) in [5.74, 6) is 0.767. The number of carbonyl (C=O) groups excluding carboxylic acids is 1. The maximum absolute atomic E-state index is 11.0. The first-order valence-electron chi connectivity index (χ1n) is 6.93. The predicted molar refractivity (Wildman–Crippen MR) is 82.7 cm³/mol. The minimum absolute atomic E-state index is 0.0952. The zero-order valence-electron chi connectivity index (χ0n) is 12.6. The van der Waals surface area contributed by atoms with Crippen molar-refractivity contribution in [1.29, 1.82) is 0 Å². The Morgan fingerprint density at radius 2 is 2.41 bits per heavy atom. The van der Waals surface area contributed by atoms with Crippen LogP contribution in [0.3, 0.4) is 0 Å². The molecule has 122 valence electrons. The van der Waals surface area contributed by atoms with Crippen molar-refractivity contribution in [2.24, 2.45) is 16.6 Å². The van der Waals surface area contributed by atoms with Gasteiger partial charge in [-0.25, -0.2) is 9.98 Å². The zero-order valence-corrected chi connectivity index (χ0v) is 13.3. The van der Waals surface area contributed by atoms with Crippen molar-refractivity contribution in [2.75, 3.05) is 25.6 Å². The number of hydrogen-bond donors (Lipinski definition) is 2. The summed E-state index contributed by atoms with van der Waals surface area (Å²) in [5.41, 5.74) is 5.74. The summed E-state index contributed by atoms with van der Waals surface area (Å²) >= 11 is 6.11. The van der Waals surface area contributed by atoms with Gasteiger partial charge < -0.3 is 25.1 Å². The number of nitrogens with zero attached hydrogens (tertiary/aromatic N) is 3. The smallest absolute Gasteiger partial charge is 0.302 e. The molecule has 3 N–H and O–H groups in total. The third-order valence-corrected chi connectivity index (χ3v) is 3.60. The van der Waals surface area contributed by atoms with Crippen LogP contribution in [0.5, 0.6) is 0 Å². The number of aromatic nitrogens is 2. The van der Waals surface area contributed by atoms with Gasteiger partial charge in [0, 0.05) is 33.1 Å². The van der Waals surface area contributed by atoms with E-state index in [0.717, 1.165) is 12.2 Å². The minimum atomic E-state index is -0.594. The van der Waals surface area contributed by atoms with Crippen LogP contribution in [0.25, 0.3) is 0 Å². The molecule has 9 heteroatoms. The Balaban J connectivity index is 2.08. The third-order valence-electron chi connectivity index (χ3n) is 3.30. The van der Waals surface area contributed by atoms with E-state index in [-0.39, 0.29) is 17.8 Å². The quantitative estimate of drug-likeness (QED) is 0.440. The average molecular weight is 330 g/mol. The predicted octanol–water partition coefficient (Wildman–Crippen LogP) is 1.08. The van der Waals surface area contributed by atoms with E-state index in [1.54, 1.807) is 13.4 Å². The van der Waals surface area contributed by atoms with Crippen LogP contribution >= 0.6 is 11.6 Å². The largest absolute Gasteiger partial charge is 0.466 e. The SMILES string of the molecule is COCC[C@@H](COC(C)=O)Cn1cnc2c1NC(N)=NC2Cl. The van der Waals surface area contributed by atoms with Crippen molar-refractivity contribution >= 4 is 29.3 Å². The van der Waals surface area contributed by atoms with Crippen LogP contribution in [0.4, 0.5) is 5.82 Å². The van der Waals surface area contributed by atoms with Gasteiger partial charge in [0.15, 0.2) is 11.5 Å². The van der Waals surface area contributed by atoms with E-state index in [9.17, 15) is 4.79 Å². The molecule has 1 aromatic rings. The Bertz CT molecular complexity index is 560. The summed E-state index contributed by atoms with van der Waals surface area (Å²) in [6.07, 6.45) is 2.43. The fraction of sp³-hybridized carbons (Fsp3) is 0.615. The van der Waals surface area contributed by atoms with Crippen LogP contribution in [-0.2, 0) is 20.8 Å². The van der Waals surface area contributed by atoms with Gasteiger partial charge in [0.25, 0.3) is 0 Å². The molecule has 0 bridgehead atoms. The standard InChI is InChI=1S/C13H20ClN5O3/c1-8(20)22-6-9(3-4-21-2)5-19-7-16-10-11(14)17-13(15)18-12(10)19/h7,9,11H,3-6H2,1-2H3,(H3,15,17,18)/t9-,11?/m1/s1. The van der Waals surface area contributed by atoms with Crippen LogP contribution in [0.15, 0.2) is 11.3 Å². The van der Waals surface area contributed by atoms with Gasteiger partial charge in [0.2, 0.25) is 0 Å². The van der Waals surface area contributed by atoms with Gasteiger partial charge in [-0.05, 0) is 6.42 Å². The summed E-state index contributed by atoms with van der Waals surface area (Å²) in [7, 11) is 1.64. The number of methoxy groups -OCH3 is 1. The van der Waals surface area contributed by atoms with Gasteiger partial charge in [0.1, 0.15) is 11.5 Å². The molecule has 1 unspecified atom stereocenters. The van der Waals surface area contributed by atoms with Gasteiger partial charge in [-0.2, -0.15) is 0 Å². The molecule has 0 saturated heterocycles. The fourth-order valence-electron chi connectivity index (χ4n) is 2.21.